The van der Waals surface area contributed by atoms with Gasteiger partial charge in [-0.25, -0.2) is 14.2 Å². The summed E-state index contributed by atoms with van der Waals surface area (Å²) in [5.74, 6) is -0.995. The molecule has 0 fully saturated rings. The van der Waals surface area contributed by atoms with Crippen LogP contribution in [-0.4, -0.2) is 37.4 Å². The zero-order valence-corrected chi connectivity index (χ0v) is 17.3. The van der Waals surface area contributed by atoms with E-state index in [1.54, 1.807) is 6.92 Å². The van der Waals surface area contributed by atoms with Crippen LogP contribution in [0.25, 0.3) is 5.57 Å². The predicted molar refractivity (Wildman–Crippen MR) is 115 cm³/mol. The first-order chi connectivity index (χ1) is 14.8. The average Bonchev–Trinajstić information content (AvgIpc) is 2.77. The highest BCUT2D eigenvalue weighted by Gasteiger charge is 2.21. The van der Waals surface area contributed by atoms with E-state index in [-0.39, 0.29) is 40.6 Å². The molecule has 1 heterocycles. The van der Waals surface area contributed by atoms with Crippen LogP contribution in [0.15, 0.2) is 41.2 Å². The molecule has 9 nitrogen and oxygen atoms in total. The second kappa shape index (κ2) is 10.2. The molecule has 0 spiro atoms. The predicted octanol–water partition coefficient (Wildman–Crippen LogP) is 1.95. The van der Waals surface area contributed by atoms with Crippen LogP contribution < -0.4 is 21.9 Å². The van der Waals surface area contributed by atoms with Gasteiger partial charge in [0.25, 0.3) is 0 Å². The number of nitriles is 1. The Bertz CT molecular complexity index is 1090. The summed E-state index contributed by atoms with van der Waals surface area (Å²) in [5.41, 5.74) is 19.0. The quantitative estimate of drug-likeness (QED) is 0.447. The van der Waals surface area contributed by atoms with E-state index in [0.29, 0.717) is 11.1 Å². The Hall–Kier alpha value is -3.97. The number of esters is 1. The summed E-state index contributed by atoms with van der Waals surface area (Å²) in [7, 11) is 2.68. The van der Waals surface area contributed by atoms with Crippen molar-refractivity contribution in [3.63, 3.8) is 0 Å². The van der Waals surface area contributed by atoms with E-state index < -0.39 is 17.9 Å². The molecule has 0 aliphatic rings. The number of carbonyl (C=O) groups is 1. The highest BCUT2D eigenvalue weighted by Crippen LogP contribution is 2.31. The van der Waals surface area contributed by atoms with Gasteiger partial charge in [0.05, 0.1) is 12.7 Å². The monoisotopic (exact) mass is 426 g/mol. The number of rotatable bonds is 7. The molecule has 2 rings (SSSR count). The molecule has 0 saturated carbocycles. The van der Waals surface area contributed by atoms with E-state index in [2.05, 4.69) is 9.98 Å². The van der Waals surface area contributed by atoms with Crippen molar-refractivity contribution >= 4 is 23.1 Å². The first-order valence-corrected chi connectivity index (χ1v) is 9.13. The fourth-order valence-corrected chi connectivity index (χ4v) is 2.90. The van der Waals surface area contributed by atoms with Crippen LogP contribution in [0.1, 0.15) is 34.5 Å². The van der Waals surface area contributed by atoms with Gasteiger partial charge in [-0.2, -0.15) is 5.26 Å². The Balaban J connectivity index is 2.52. The van der Waals surface area contributed by atoms with Gasteiger partial charge in [0.2, 0.25) is 0 Å². The number of nitrogen functional groups attached to an aromatic ring is 1. The van der Waals surface area contributed by atoms with Gasteiger partial charge in [0.15, 0.2) is 11.6 Å². The zero-order valence-electron chi connectivity index (χ0n) is 17.3. The molecule has 6 N–H and O–H groups in total. The molecule has 162 valence electrons. The molecule has 0 bridgehead atoms. The number of hydrogen-bond donors (Lipinski definition) is 3. The highest BCUT2D eigenvalue weighted by molar-refractivity contribution is 6.32. The summed E-state index contributed by atoms with van der Waals surface area (Å²) >= 11 is 0. The first kappa shape index (κ1) is 23.3. The maximum absolute atomic E-state index is 13.8. The third-order valence-electron chi connectivity index (χ3n) is 4.44. The minimum atomic E-state index is -0.793. The Morgan fingerprint density at radius 3 is 2.68 bits per heavy atom. The SMILES string of the molecule is CN=C(C#N)C(=C(N)CN)c1cnc(N)c(O[C@H](C)c2cc(F)ccc2C(=O)OC)c1. The lowest BCUT2D eigenvalue weighted by molar-refractivity contribution is 0.0595. The summed E-state index contributed by atoms with van der Waals surface area (Å²) in [6.07, 6.45) is 0.619. The van der Waals surface area contributed by atoms with Crippen molar-refractivity contribution in [2.24, 2.45) is 16.5 Å². The largest absolute Gasteiger partial charge is 0.482 e. The maximum atomic E-state index is 13.8. The molecular formula is C21H23FN6O3. The minimum Gasteiger partial charge on any atom is -0.482 e. The molecule has 0 aliphatic carbocycles. The molecule has 0 radical (unpaired) electrons. The molecule has 0 unspecified atom stereocenters. The molecule has 10 heteroatoms. The third kappa shape index (κ3) is 5.15. The standard InChI is InChI=1S/C21H23FN6O3/c1-11(15-7-13(22)4-5-14(15)21(29)30-3)31-18-6-12(10-28-20(18)26)19(16(25)8-23)17(9-24)27-2/h4-7,10-11H,8,23,25H2,1-3H3,(H2,26,28)/t11-/m1/s1. The fraction of sp³-hybridized carbons (Fsp3) is 0.238. The number of aromatic nitrogens is 1. The first-order valence-electron chi connectivity index (χ1n) is 9.13. The summed E-state index contributed by atoms with van der Waals surface area (Å²) < 4.78 is 24.5. The Kier molecular flexibility index (Phi) is 7.65. The van der Waals surface area contributed by atoms with E-state index in [4.69, 9.17) is 26.7 Å². The number of aliphatic imine (C=N–C) groups is 1. The minimum absolute atomic E-state index is 0.0151. The smallest absolute Gasteiger partial charge is 0.338 e. The maximum Gasteiger partial charge on any atom is 0.338 e. The fourth-order valence-electron chi connectivity index (χ4n) is 2.90. The second-order valence-corrected chi connectivity index (χ2v) is 6.38. The third-order valence-corrected chi connectivity index (χ3v) is 4.44. The Labute approximate surface area is 179 Å². The van der Waals surface area contributed by atoms with Gasteiger partial charge < -0.3 is 26.7 Å². The number of methoxy groups -OCH3 is 1. The number of hydrogen-bond acceptors (Lipinski definition) is 9. The number of carbonyl (C=O) groups excluding carboxylic acids is 1. The number of nitrogens with zero attached hydrogens (tertiary/aromatic N) is 3. The Morgan fingerprint density at radius 2 is 2.10 bits per heavy atom. The van der Waals surface area contributed by atoms with Gasteiger partial charge in [0, 0.05) is 42.2 Å². The Morgan fingerprint density at radius 1 is 1.39 bits per heavy atom. The molecule has 31 heavy (non-hydrogen) atoms. The molecular weight excluding hydrogens is 403 g/mol. The average molecular weight is 426 g/mol. The van der Waals surface area contributed by atoms with Gasteiger partial charge in [0.1, 0.15) is 23.7 Å². The molecule has 0 amide bonds. The lowest BCUT2D eigenvalue weighted by Crippen LogP contribution is -2.18. The highest BCUT2D eigenvalue weighted by atomic mass is 19.1. The van der Waals surface area contributed by atoms with Crippen LogP contribution in [-0.2, 0) is 4.74 Å². The molecule has 2 aromatic rings. The van der Waals surface area contributed by atoms with Gasteiger partial charge >= 0.3 is 5.97 Å². The number of halogens is 1. The van der Waals surface area contributed by atoms with Crippen molar-refractivity contribution in [1.82, 2.24) is 4.98 Å². The molecule has 1 aromatic carbocycles. The van der Waals surface area contributed by atoms with Crippen molar-refractivity contribution in [3.05, 3.63) is 58.7 Å². The summed E-state index contributed by atoms with van der Waals surface area (Å²) in [6, 6.07) is 7.13. The molecule has 1 aromatic heterocycles. The van der Waals surface area contributed by atoms with Crippen LogP contribution in [0.4, 0.5) is 10.2 Å². The summed E-state index contributed by atoms with van der Waals surface area (Å²) in [6.45, 7) is 1.60. The van der Waals surface area contributed by atoms with Gasteiger partial charge in [-0.05, 0) is 31.2 Å². The number of nitrogens with two attached hydrogens (primary N) is 3. The topological polar surface area (TPSA) is 163 Å². The van der Waals surface area contributed by atoms with Crippen molar-refractivity contribution in [1.29, 1.82) is 5.26 Å². The number of allylic oxidation sites excluding steroid dienone is 1. The number of anilines is 1. The van der Waals surface area contributed by atoms with E-state index in [0.717, 1.165) is 6.07 Å². The van der Waals surface area contributed by atoms with E-state index in [1.807, 2.05) is 6.07 Å². The molecule has 0 aliphatic heterocycles. The second-order valence-electron chi connectivity index (χ2n) is 6.38. The van der Waals surface area contributed by atoms with E-state index >= 15 is 0 Å². The summed E-state index contributed by atoms with van der Waals surface area (Å²) in [4.78, 5) is 20.1. The lowest BCUT2D eigenvalue weighted by atomic mass is 10.0. The van der Waals surface area contributed by atoms with Crippen LogP contribution in [0.2, 0.25) is 0 Å². The molecule has 1 atom stereocenters. The van der Waals surface area contributed by atoms with Crippen LogP contribution in [0, 0.1) is 17.1 Å². The number of benzene rings is 1. The molecule has 0 saturated heterocycles. The van der Waals surface area contributed by atoms with Gasteiger partial charge in [-0.1, -0.05) is 0 Å². The van der Waals surface area contributed by atoms with Gasteiger partial charge in [-0.3, -0.25) is 4.99 Å². The van der Waals surface area contributed by atoms with E-state index in [1.165, 1.54) is 38.6 Å². The number of pyridine rings is 1. The summed E-state index contributed by atoms with van der Waals surface area (Å²) in [5, 5.41) is 9.39. The van der Waals surface area contributed by atoms with Gasteiger partial charge in [-0.15, -0.1) is 0 Å². The van der Waals surface area contributed by atoms with E-state index in [9.17, 15) is 14.4 Å². The van der Waals surface area contributed by atoms with Crippen molar-refractivity contribution in [2.45, 2.75) is 13.0 Å². The van der Waals surface area contributed by atoms with Crippen LogP contribution in [0.5, 0.6) is 5.75 Å². The lowest BCUT2D eigenvalue weighted by Gasteiger charge is -2.19. The van der Waals surface area contributed by atoms with Crippen LogP contribution in [0.3, 0.4) is 0 Å². The number of ether oxygens (including phenoxy) is 2. The zero-order chi connectivity index (χ0) is 23.1. The van der Waals surface area contributed by atoms with Crippen molar-refractivity contribution in [3.8, 4) is 11.8 Å². The van der Waals surface area contributed by atoms with Crippen molar-refractivity contribution < 1.29 is 18.7 Å². The van der Waals surface area contributed by atoms with Crippen molar-refractivity contribution in [2.75, 3.05) is 26.4 Å². The normalized spacial score (nSPS) is 13.1. The van der Waals surface area contributed by atoms with Crippen LogP contribution >= 0.6 is 0 Å².